The summed E-state index contributed by atoms with van der Waals surface area (Å²) in [5.41, 5.74) is 1.13. The minimum atomic E-state index is -0.503. The number of rotatable bonds is 6. The van der Waals surface area contributed by atoms with E-state index >= 15 is 0 Å². The monoisotopic (exact) mass is 383 g/mol. The van der Waals surface area contributed by atoms with Gasteiger partial charge in [0.2, 0.25) is 5.91 Å². The lowest BCUT2D eigenvalue weighted by Gasteiger charge is -2.13. The fourth-order valence-electron chi connectivity index (χ4n) is 3.98. The second-order valence-corrected chi connectivity index (χ2v) is 7.46. The third kappa shape index (κ3) is 3.80. The van der Waals surface area contributed by atoms with Crippen molar-refractivity contribution in [2.45, 2.75) is 38.3 Å². The average Bonchev–Trinajstić information content (AvgIpc) is 3.46. The van der Waals surface area contributed by atoms with Gasteiger partial charge >= 0.3 is 0 Å². The summed E-state index contributed by atoms with van der Waals surface area (Å²) in [6.45, 7) is 2.61. The SMILES string of the molecule is O=C(Cn1cc(C(=O)C(=O)N2CCCC2)c2ccccc21)NCC1CCCO1. The van der Waals surface area contributed by atoms with Crippen LogP contribution in [0.2, 0.25) is 0 Å². The number of nitrogens with one attached hydrogen (secondary N) is 1. The van der Waals surface area contributed by atoms with E-state index in [1.54, 1.807) is 15.7 Å². The van der Waals surface area contributed by atoms with Gasteiger partial charge in [0.1, 0.15) is 6.54 Å². The lowest BCUT2D eigenvalue weighted by atomic mass is 10.1. The highest BCUT2D eigenvalue weighted by Crippen LogP contribution is 2.23. The van der Waals surface area contributed by atoms with Crippen molar-refractivity contribution in [1.82, 2.24) is 14.8 Å². The number of ketones is 1. The largest absolute Gasteiger partial charge is 0.376 e. The number of hydrogen-bond donors (Lipinski definition) is 1. The Labute approximate surface area is 163 Å². The second-order valence-electron chi connectivity index (χ2n) is 7.46. The highest BCUT2D eigenvalue weighted by Gasteiger charge is 2.28. The summed E-state index contributed by atoms with van der Waals surface area (Å²) in [6.07, 6.45) is 5.58. The molecule has 7 heteroatoms. The number of para-hydroxylation sites is 1. The molecule has 1 atom stereocenters. The molecule has 0 radical (unpaired) electrons. The molecule has 2 aromatic rings. The van der Waals surface area contributed by atoms with Gasteiger partial charge in [0.15, 0.2) is 0 Å². The zero-order valence-electron chi connectivity index (χ0n) is 15.9. The molecule has 1 aromatic heterocycles. The molecular formula is C21H25N3O4. The molecule has 2 amide bonds. The van der Waals surface area contributed by atoms with Crippen LogP contribution in [0.3, 0.4) is 0 Å². The van der Waals surface area contributed by atoms with E-state index in [0.717, 1.165) is 37.8 Å². The summed E-state index contributed by atoms with van der Waals surface area (Å²) in [4.78, 5) is 39.4. The van der Waals surface area contributed by atoms with Crippen molar-refractivity contribution in [3.8, 4) is 0 Å². The molecule has 0 bridgehead atoms. The number of Topliss-reactive ketones (excluding diaryl/α,β-unsaturated/α-hetero) is 1. The standard InChI is InChI=1S/C21H25N3O4/c25-19(22-12-15-6-5-11-28-15)14-24-13-17(16-7-1-2-8-18(16)24)20(26)21(27)23-9-3-4-10-23/h1-2,7-8,13,15H,3-6,9-12,14H2,(H,22,25). The molecule has 2 aliphatic heterocycles. The molecule has 28 heavy (non-hydrogen) atoms. The van der Waals surface area contributed by atoms with Gasteiger partial charge in [-0.2, -0.15) is 0 Å². The van der Waals surface area contributed by atoms with Crippen molar-refractivity contribution in [3.63, 3.8) is 0 Å². The Kier molecular flexibility index (Phi) is 5.43. The Balaban J connectivity index is 1.51. The number of benzene rings is 1. The fraction of sp³-hybridized carbons (Fsp3) is 0.476. The fourth-order valence-corrected chi connectivity index (χ4v) is 3.98. The molecular weight excluding hydrogens is 358 g/mol. The quantitative estimate of drug-likeness (QED) is 0.609. The lowest BCUT2D eigenvalue weighted by Crippen LogP contribution is -2.34. The first kappa shape index (κ1) is 18.7. The summed E-state index contributed by atoms with van der Waals surface area (Å²) in [7, 11) is 0. The van der Waals surface area contributed by atoms with Gasteiger partial charge in [-0.05, 0) is 31.7 Å². The maximum atomic E-state index is 12.8. The van der Waals surface area contributed by atoms with Gasteiger partial charge in [0.25, 0.3) is 11.7 Å². The highest BCUT2D eigenvalue weighted by atomic mass is 16.5. The van der Waals surface area contributed by atoms with E-state index in [-0.39, 0.29) is 18.6 Å². The van der Waals surface area contributed by atoms with Crippen LogP contribution < -0.4 is 5.32 Å². The topological polar surface area (TPSA) is 80.6 Å². The van der Waals surface area contributed by atoms with Crippen LogP contribution in [0.1, 0.15) is 36.0 Å². The molecule has 148 valence electrons. The number of aromatic nitrogens is 1. The zero-order chi connectivity index (χ0) is 19.5. The zero-order valence-corrected chi connectivity index (χ0v) is 15.9. The van der Waals surface area contributed by atoms with Crippen molar-refractivity contribution in [2.24, 2.45) is 0 Å². The van der Waals surface area contributed by atoms with Crippen molar-refractivity contribution >= 4 is 28.5 Å². The van der Waals surface area contributed by atoms with Crippen LogP contribution in [0.4, 0.5) is 0 Å². The molecule has 2 aliphatic rings. The number of amides is 2. The number of likely N-dealkylation sites (tertiary alicyclic amines) is 1. The average molecular weight is 383 g/mol. The molecule has 0 spiro atoms. The number of hydrogen-bond acceptors (Lipinski definition) is 4. The first-order valence-corrected chi connectivity index (χ1v) is 9.93. The maximum Gasteiger partial charge on any atom is 0.295 e. The molecule has 4 rings (SSSR count). The number of carbonyl (C=O) groups is 3. The van der Waals surface area contributed by atoms with Gasteiger partial charge in [0.05, 0.1) is 11.7 Å². The van der Waals surface area contributed by atoms with Crippen molar-refractivity contribution in [1.29, 1.82) is 0 Å². The number of carbonyl (C=O) groups excluding carboxylic acids is 3. The molecule has 7 nitrogen and oxygen atoms in total. The van der Waals surface area contributed by atoms with Crippen LogP contribution in [0.5, 0.6) is 0 Å². The predicted molar refractivity (Wildman–Crippen MR) is 104 cm³/mol. The molecule has 3 heterocycles. The third-order valence-electron chi connectivity index (χ3n) is 5.49. The van der Waals surface area contributed by atoms with Crippen molar-refractivity contribution in [2.75, 3.05) is 26.2 Å². The van der Waals surface area contributed by atoms with Crippen molar-refractivity contribution in [3.05, 3.63) is 36.0 Å². The molecule has 1 N–H and O–H groups in total. The normalized spacial score (nSPS) is 19.3. The molecule has 0 aliphatic carbocycles. The second kappa shape index (κ2) is 8.14. The predicted octanol–water partition coefficient (Wildman–Crippen LogP) is 1.74. The van der Waals surface area contributed by atoms with E-state index in [1.807, 2.05) is 24.3 Å². The maximum absolute atomic E-state index is 12.8. The summed E-state index contributed by atoms with van der Waals surface area (Å²) in [5.74, 6) is -1.10. The lowest BCUT2D eigenvalue weighted by molar-refractivity contribution is -0.125. The minimum Gasteiger partial charge on any atom is -0.376 e. The van der Waals surface area contributed by atoms with Crippen LogP contribution in [0.15, 0.2) is 30.5 Å². The van der Waals surface area contributed by atoms with E-state index in [2.05, 4.69) is 5.32 Å². The van der Waals surface area contributed by atoms with Gasteiger partial charge in [-0.15, -0.1) is 0 Å². The van der Waals surface area contributed by atoms with E-state index in [0.29, 0.717) is 30.6 Å². The van der Waals surface area contributed by atoms with Gasteiger partial charge < -0.3 is 19.5 Å². The molecule has 2 fully saturated rings. The minimum absolute atomic E-state index is 0.0839. The molecule has 1 aromatic carbocycles. The Hall–Kier alpha value is -2.67. The molecule has 1 unspecified atom stereocenters. The van der Waals surface area contributed by atoms with E-state index in [1.165, 1.54) is 0 Å². The number of ether oxygens (including phenoxy) is 1. The summed E-state index contributed by atoms with van der Waals surface area (Å²) < 4.78 is 7.27. The van der Waals surface area contributed by atoms with E-state index < -0.39 is 11.7 Å². The summed E-state index contributed by atoms with van der Waals surface area (Å²) in [6, 6.07) is 7.38. The Bertz CT molecular complexity index is 892. The highest BCUT2D eigenvalue weighted by molar-refractivity contribution is 6.44. The summed E-state index contributed by atoms with van der Waals surface area (Å²) >= 11 is 0. The molecule has 0 saturated carbocycles. The van der Waals surface area contributed by atoms with Crippen LogP contribution in [0, 0.1) is 0 Å². The van der Waals surface area contributed by atoms with Crippen LogP contribution in [-0.4, -0.2) is 59.4 Å². The summed E-state index contributed by atoms with van der Waals surface area (Å²) in [5, 5.41) is 3.60. The van der Waals surface area contributed by atoms with Crippen LogP contribution in [0.25, 0.3) is 10.9 Å². The first-order chi connectivity index (χ1) is 13.6. The smallest absolute Gasteiger partial charge is 0.295 e. The van der Waals surface area contributed by atoms with Gasteiger partial charge in [-0.3, -0.25) is 14.4 Å². The van der Waals surface area contributed by atoms with E-state index in [9.17, 15) is 14.4 Å². The Morgan fingerprint density at radius 1 is 1.11 bits per heavy atom. The Morgan fingerprint density at radius 2 is 1.89 bits per heavy atom. The van der Waals surface area contributed by atoms with Gasteiger partial charge in [0, 0.05) is 43.3 Å². The van der Waals surface area contributed by atoms with Crippen LogP contribution in [-0.2, 0) is 20.9 Å². The van der Waals surface area contributed by atoms with E-state index in [4.69, 9.17) is 4.74 Å². The van der Waals surface area contributed by atoms with Gasteiger partial charge in [-0.1, -0.05) is 18.2 Å². The number of nitrogens with zero attached hydrogens (tertiary/aromatic N) is 2. The molecule has 2 saturated heterocycles. The number of fused-ring (bicyclic) bond motifs is 1. The first-order valence-electron chi connectivity index (χ1n) is 9.93. The third-order valence-corrected chi connectivity index (χ3v) is 5.49. The van der Waals surface area contributed by atoms with Crippen LogP contribution >= 0.6 is 0 Å². The van der Waals surface area contributed by atoms with Crippen molar-refractivity contribution < 1.29 is 19.1 Å². The Morgan fingerprint density at radius 3 is 2.64 bits per heavy atom. The van der Waals surface area contributed by atoms with Gasteiger partial charge in [-0.25, -0.2) is 0 Å².